The van der Waals surface area contributed by atoms with Crippen LogP contribution in [0.4, 0.5) is 20.2 Å². The Hall–Kier alpha value is -3.45. The van der Waals surface area contributed by atoms with Crippen LogP contribution in [0.25, 0.3) is 0 Å². The van der Waals surface area contributed by atoms with Gasteiger partial charge >= 0.3 is 6.61 Å². The first-order chi connectivity index (χ1) is 14.9. The van der Waals surface area contributed by atoms with Crippen molar-refractivity contribution in [3.05, 3.63) is 57.6 Å². The molecule has 1 aliphatic heterocycles. The molecule has 0 spiro atoms. The molecule has 3 rings (SSSR count). The van der Waals surface area contributed by atoms with Crippen molar-refractivity contribution >= 4 is 11.4 Å². The van der Waals surface area contributed by atoms with Crippen LogP contribution in [-0.4, -0.2) is 49.7 Å². The maximum absolute atomic E-state index is 12.6. The van der Waals surface area contributed by atoms with Crippen molar-refractivity contribution < 1.29 is 23.2 Å². The van der Waals surface area contributed by atoms with Crippen LogP contribution in [0.1, 0.15) is 17.5 Å². The van der Waals surface area contributed by atoms with Crippen LogP contribution in [0.3, 0.4) is 0 Å². The van der Waals surface area contributed by atoms with E-state index in [-0.39, 0.29) is 23.7 Å². The van der Waals surface area contributed by atoms with Crippen molar-refractivity contribution in [3.63, 3.8) is 0 Å². The maximum Gasteiger partial charge on any atom is 0.387 e. The summed E-state index contributed by atoms with van der Waals surface area (Å²) in [7, 11) is 1.30. The summed E-state index contributed by atoms with van der Waals surface area (Å²) in [5.74, 6) is -0.342. The van der Waals surface area contributed by atoms with Crippen LogP contribution >= 0.6 is 0 Å². The lowest BCUT2D eigenvalue weighted by molar-refractivity contribution is -0.385. The molecule has 31 heavy (non-hydrogen) atoms. The lowest BCUT2D eigenvalue weighted by Gasteiger charge is -2.24. The van der Waals surface area contributed by atoms with Crippen molar-refractivity contribution in [2.24, 2.45) is 0 Å². The Labute approximate surface area is 178 Å². The Morgan fingerprint density at radius 1 is 1.16 bits per heavy atom. The Morgan fingerprint density at radius 3 is 2.52 bits per heavy atom. The SMILES string of the molecule is COc1cc(CN2CCCN(c3ccc(C#N)cc3)CC2)c([N+](=O)[O-])cc1OC(F)F. The van der Waals surface area contributed by atoms with Crippen molar-refractivity contribution in [2.75, 3.05) is 38.2 Å². The van der Waals surface area contributed by atoms with E-state index in [1.54, 1.807) is 12.1 Å². The average Bonchev–Trinajstić information content (AvgIpc) is 2.99. The van der Waals surface area contributed by atoms with Crippen molar-refractivity contribution in [2.45, 2.75) is 19.6 Å². The molecule has 0 atom stereocenters. The fourth-order valence-electron chi connectivity index (χ4n) is 3.61. The molecular formula is C21H22F2N4O4. The topological polar surface area (TPSA) is 91.9 Å². The summed E-state index contributed by atoms with van der Waals surface area (Å²) >= 11 is 0. The fourth-order valence-corrected chi connectivity index (χ4v) is 3.61. The van der Waals surface area contributed by atoms with E-state index in [0.29, 0.717) is 24.2 Å². The minimum atomic E-state index is -3.11. The number of hydrogen-bond acceptors (Lipinski definition) is 7. The van der Waals surface area contributed by atoms with Crippen LogP contribution in [0.2, 0.25) is 0 Å². The van der Waals surface area contributed by atoms with Gasteiger partial charge in [0.15, 0.2) is 11.5 Å². The Bertz CT molecular complexity index is 963. The highest BCUT2D eigenvalue weighted by Gasteiger charge is 2.24. The van der Waals surface area contributed by atoms with Gasteiger partial charge in [0.2, 0.25) is 0 Å². The van der Waals surface area contributed by atoms with Gasteiger partial charge in [-0.2, -0.15) is 14.0 Å². The van der Waals surface area contributed by atoms with Gasteiger partial charge in [0, 0.05) is 44.0 Å². The first kappa shape index (κ1) is 22.2. The number of methoxy groups -OCH3 is 1. The number of alkyl halides is 2. The third kappa shape index (κ3) is 5.58. The quantitative estimate of drug-likeness (QED) is 0.486. The van der Waals surface area contributed by atoms with Crippen LogP contribution in [0.5, 0.6) is 11.5 Å². The second-order valence-electron chi connectivity index (χ2n) is 7.04. The van der Waals surface area contributed by atoms with Gasteiger partial charge in [-0.3, -0.25) is 15.0 Å². The zero-order valence-corrected chi connectivity index (χ0v) is 17.0. The Kier molecular flexibility index (Phi) is 7.20. The number of halogens is 2. The van der Waals surface area contributed by atoms with E-state index >= 15 is 0 Å². The minimum absolute atomic E-state index is 0.0231. The number of nitrogens with zero attached hydrogens (tertiary/aromatic N) is 4. The standard InChI is InChI=1S/C21H22F2N4O4/c1-30-19-11-16(18(27(28)29)12-20(19)31-21(22)23)14-25-7-2-8-26(10-9-25)17-5-3-15(13-24)4-6-17/h3-6,11-12,21H,2,7-10,14H2,1H3. The smallest absolute Gasteiger partial charge is 0.387 e. The van der Waals surface area contributed by atoms with Gasteiger partial charge in [-0.25, -0.2) is 0 Å². The summed E-state index contributed by atoms with van der Waals surface area (Å²) in [5, 5.41) is 20.5. The molecule has 0 radical (unpaired) electrons. The maximum atomic E-state index is 12.6. The van der Waals surface area contributed by atoms with Gasteiger partial charge in [0.1, 0.15) is 0 Å². The molecule has 164 valence electrons. The lowest BCUT2D eigenvalue weighted by Crippen LogP contribution is -2.30. The van der Waals surface area contributed by atoms with Gasteiger partial charge in [-0.15, -0.1) is 0 Å². The number of rotatable bonds is 7. The van der Waals surface area contributed by atoms with Gasteiger partial charge < -0.3 is 14.4 Å². The normalized spacial score (nSPS) is 14.7. The largest absolute Gasteiger partial charge is 0.493 e. The molecule has 0 aliphatic carbocycles. The molecule has 0 saturated carbocycles. The highest BCUT2D eigenvalue weighted by Crippen LogP contribution is 2.36. The predicted octanol–water partition coefficient (Wildman–Crippen LogP) is 3.79. The molecule has 2 aromatic rings. The van der Waals surface area contributed by atoms with E-state index in [2.05, 4.69) is 20.6 Å². The summed E-state index contributed by atoms with van der Waals surface area (Å²) < 4.78 is 34.7. The molecule has 0 unspecified atom stereocenters. The number of anilines is 1. The summed E-state index contributed by atoms with van der Waals surface area (Å²) in [4.78, 5) is 15.2. The first-order valence-corrected chi connectivity index (χ1v) is 9.69. The number of benzene rings is 2. The summed E-state index contributed by atoms with van der Waals surface area (Å²) in [6.07, 6.45) is 0.845. The molecule has 8 nitrogen and oxygen atoms in total. The molecule has 0 bridgehead atoms. The molecule has 0 aromatic heterocycles. The Balaban J connectivity index is 1.75. The second-order valence-corrected chi connectivity index (χ2v) is 7.04. The van der Waals surface area contributed by atoms with E-state index in [1.807, 2.05) is 12.1 Å². The van der Waals surface area contributed by atoms with E-state index < -0.39 is 11.5 Å². The molecule has 1 saturated heterocycles. The molecule has 0 N–H and O–H groups in total. The summed E-state index contributed by atoms with van der Waals surface area (Å²) in [6.45, 7) is 0.0792. The van der Waals surface area contributed by atoms with E-state index in [9.17, 15) is 18.9 Å². The zero-order valence-electron chi connectivity index (χ0n) is 17.0. The second kappa shape index (κ2) is 10.0. The number of ether oxygens (including phenoxy) is 2. The highest BCUT2D eigenvalue weighted by molar-refractivity contribution is 5.54. The fraction of sp³-hybridized carbons (Fsp3) is 0.381. The number of nitriles is 1. The van der Waals surface area contributed by atoms with Crippen LogP contribution < -0.4 is 14.4 Å². The molecule has 1 heterocycles. The lowest BCUT2D eigenvalue weighted by atomic mass is 10.1. The van der Waals surface area contributed by atoms with Gasteiger partial charge in [0.25, 0.3) is 5.69 Å². The Morgan fingerprint density at radius 2 is 1.90 bits per heavy atom. The van der Waals surface area contributed by atoms with E-state index in [0.717, 1.165) is 31.3 Å². The van der Waals surface area contributed by atoms with Gasteiger partial charge in [-0.05, 0) is 36.8 Å². The molecule has 2 aromatic carbocycles. The molecular weight excluding hydrogens is 410 g/mol. The molecule has 10 heteroatoms. The molecule has 0 amide bonds. The zero-order chi connectivity index (χ0) is 22.4. The van der Waals surface area contributed by atoms with Crippen molar-refractivity contribution in [1.82, 2.24) is 4.90 Å². The number of nitro benzene ring substituents is 1. The van der Waals surface area contributed by atoms with Crippen molar-refractivity contribution in [3.8, 4) is 17.6 Å². The van der Waals surface area contributed by atoms with Gasteiger partial charge in [-0.1, -0.05) is 0 Å². The van der Waals surface area contributed by atoms with Crippen LogP contribution in [-0.2, 0) is 6.54 Å². The summed E-state index contributed by atoms with van der Waals surface area (Å²) in [5.41, 5.74) is 1.70. The summed E-state index contributed by atoms with van der Waals surface area (Å²) in [6, 6.07) is 11.8. The minimum Gasteiger partial charge on any atom is -0.493 e. The first-order valence-electron chi connectivity index (χ1n) is 9.69. The molecule has 1 fully saturated rings. The van der Waals surface area contributed by atoms with E-state index in [4.69, 9.17) is 10.00 Å². The highest BCUT2D eigenvalue weighted by atomic mass is 19.3. The van der Waals surface area contributed by atoms with Crippen molar-refractivity contribution in [1.29, 1.82) is 5.26 Å². The average molecular weight is 432 g/mol. The number of nitro groups is 1. The third-order valence-electron chi connectivity index (χ3n) is 5.12. The van der Waals surface area contributed by atoms with E-state index in [1.165, 1.54) is 13.2 Å². The molecule has 1 aliphatic rings. The van der Waals surface area contributed by atoms with Gasteiger partial charge in [0.05, 0.1) is 29.7 Å². The van der Waals surface area contributed by atoms with Crippen LogP contribution in [0.15, 0.2) is 36.4 Å². The third-order valence-corrected chi connectivity index (χ3v) is 5.12. The van der Waals surface area contributed by atoms with Crippen LogP contribution in [0, 0.1) is 21.4 Å². The monoisotopic (exact) mass is 432 g/mol. The predicted molar refractivity (Wildman–Crippen MR) is 110 cm³/mol. The number of hydrogen-bond donors (Lipinski definition) is 0.